The molecular weight excluding hydrogens is 238 g/mol. The molecule has 2 unspecified atom stereocenters. The Hall–Kier alpha value is -1.74. The number of rotatable bonds is 5. The SMILES string of the molecule is [N-]=[N+]=NCC(O)C(O)c1ncc([N+](=O)[O-])s1. The van der Waals surface area contributed by atoms with Crippen LogP contribution in [0.25, 0.3) is 10.4 Å². The van der Waals surface area contributed by atoms with Gasteiger partial charge < -0.3 is 10.2 Å². The minimum Gasteiger partial charge on any atom is -0.390 e. The normalized spacial score (nSPS) is 13.9. The fraction of sp³-hybridized carbons (Fsp3) is 0.500. The van der Waals surface area contributed by atoms with Gasteiger partial charge in [0.15, 0.2) is 0 Å². The molecule has 0 aliphatic heterocycles. The minimum atomic E-state index is -1.40. The van der Waals surface area contributed by atoms with Gasteiger partial charge in [-0.3, -0.25) is 10.1 Å². The summed E-state index contributed by atoms with van der Waals surface area (Å²) in [4.78, 5) is 15.7. The maximum Gasteiger partial charge on any atom is 0.344 e. The second kappa shape index (κ2) is 5.37. The van der Waals surface area contributed by atoms with Gasteiger partial charge in [-0.05, 0) is 16.9 Å². The molecule has 0 fully saturated rings. The van der Waals surface area contributed by atoms with E-state index in [0.717, 1.165) is 6.20 Å². The number of aromatic nitrogens is 1. The van der Waals surface area contributed by atoms with E-state index in [0.29, 0.717) is 11.3 Å². The first kappa shape index (κ1) is 12.3. The second-order valence-electron chi connectivity index (χ2n) is 2.72. The van der Waals surface area contributed by atoms with Crippen LogP contribution in [0.1, 0.15) is 11.1 Å². The van der Waals surface area contributed by atoms with Crippen molar-refractivity contribution >= 4 is 16.3 Å². The van der Waals surface area contributed by atoms with E-state index in [4.69, 9.17) is 5.53 Å². The molecule has 16 heavy (non-hydrogen) atoms. The summed E-state index contributed by atoms with van der Waals surface area (Å²) in [6, 6.07) is 0. The fourth-order valence-corrected chi connectivity index (χ4v) is 1.66. The van der Waals surface area contributed by atoms with E-state index in [2.05, 4.69) is 15.0 Å². The van der Waals surface area contributed by atoms with Crippen molar-refractivity contribution in [3.8, 4) is 0 Å². The summed E-state index contributed by atoms with van der Waals surface area (Å²) in [5.74, 6) is 0. The number of azide groups is 1. The van der Waals surface area contributed by atoms with Crippen molar-refractivity contribution in [1.82, 2.24) is 4.98 Å². The molecule has 86 valence electrons. The Morgan fingerprint density at radius 3 is 2.94 bits per heavy atom. The molecule has 0 saturated carbocycles. The zero-order valence-corrected chi connectivity index (χ0v) is 8.61. The van der Waals surface area contributed by atoms with Crippen LogP contribution >= 0.6 is 11.3 Å². The molecule has 10 heteroatoms. The summed E-state index contributed by atoms with van der Waals surface area (Å²) in [6.07, 6.45) is -1.74. The average Bonchev–Trinajstić information content (AvgIpc) is 2.74. The zero-order valence-electron chi connectivity index (χ0n) is 7.79. The van der Waals surface area contributed by atoms with E-state index in [-0.39, 0.29) is 16.6 Å². The highest BCUT2D eigenvalue weighted by molar-refractivity contribution is 7.14. The number of hydrogen-bond acceptors (Lipinski definition) is 7. The van der Waals surface area contributed by atoms with E-state index in [1.807, 2.05) is 0 Å². The predicted octanol–water partition coefficient (Wildman–Crippen LogP) is 0.756. The number of nitro groups is 1. The molecule has 0 bridgehead atoms. The van der Waals surface area contributed by atoms with Crippen LogP contribution in [-0.2, 0) is 0 Å². The number of aliphatic hydroxyl groups excluding tert-OH is 2. The van der Waals surface area contributed by atoms with Crippen LogP contribution in [0.4, 0.5) is 5.00 Å². The molecule has 0 aliphatic rings. The molecule has 0 saturated heterocycles. The lowest BCUT2D eigenvalue weighted by atomic mass is 10.2. The standard InChI is InChI=1S/C6H7N5O4S/c7-10-9-1-3(12)5(13)6-8-2-4(16-6)11(14)15/h2-3,5,12-13H,1H2. The first-order chi connectivity index (χ1) is 7.56. The highest BCUT2D eigenvalue weighted by Gasteiger charge is 2.23. The smallest absolute Gasteiger partial charge is 0.344 e. The van der Waals surface area contributed by atoms with Gasteiger partial charge in [-0.25, -0.2) is 4.98 Å². The summed E-state index contributed by atoms with van der Waals surface area (Å²) in [5, 5.41) is 32.0. The van der Waals surface area contributed by atoms with Gasteiger partial charge in [-0.15, -0.1) is 0 Å². The Morgan fingerprint density at radius 2 is 2.44 bits per heavy atom. The molecule has 0 spiro atoms. The molecule has 0 radical (unpaired) electrons. The highest BCUT2D eigenvalue weighted by Crippen LogP contribution is 2.27. The van der Waals surface area contributed by atoms with E-state index in [1.165, 1.54) is 0 Å². The van der Waals surface area contributed by atoms with Crippen LogP contribution in [0, 0.1) is 10.1 Å². The van der Waals surface area contributed by atoms with Gasteiger partial charge in [0.05, 0.1) is 17.6 Å². The lowest BCUT2D eigenvalue weighted by Gasteiger charge is -2.12. The van der Waals surface area contributed by atoms with Crippen molar-refractivity contribution in [2.75, 3.05) is 6.54 Å². The van der Waals surface area contributed by atoms with Crippen LogP contribution in [0.3, 0.4) is 0 Å². The van der Waals surface area contributed by atoms with Crippen molar-refractivity contribution in [2.24, 2.45) is 5.11 Å². The third-order valence-electron chi connectivity index (χ3n) is 1.64. The van der Waals surface area contributed by atoms with Gasteiger partial charge in [0, 0.05) is 4.91 Å². The number of thiazole rings is 1. The fourth-order valence-electron chi connectivity index (χ4n) is 0.884. The van der Waals surface area contributed by atoms with E-state index in [9.17, 15) is 20.3 Å². The number of hydrogen-bond donors (Lipinski definition) is 2. The van der Waals surface area contributed by atoms with Crippen LogP contribution in [0.2, 0.25) is 0 Å². The molecule has 0 amide bonds. The monoisotopic (exact) mass is 245 g/mol. The lowest BCUT2D eigenvalue weighted by Crippen LogP contribution is -2.20. The summed E-state index contributed by atoms with van der Waals surface area (Å²) < 4.78 is 0. The quantitative estimate of drug-likeness (QED) is 0.258. The summed E-state index contributed by atoms with van der Waals surface area (Å²) in [6.45, 7) is -0.328. The Morgan fingerprint density at radius 1 is 1.75 bits per heavy atom. The van der Waals surface area contributed by atoms with E-state index in [1.54, 1.807) is 0 Å². The molecule has 1 heterocycles. The molecule has 2 N–H and O–H groups in total. The van der Waals surface area contributed by atoms with Crippen molar-refractivity contribution < 1.29 is 15.1 Å². The van der Waals surface area contributed by atoms with Crippen LogP contribution in [0.5, 0.6) is 0 Å². The highest BCUT2D eigenvalue weighted by atomic mass is 32.1. The van der Waals surface area contributed by atoms with Gasteiger partial charge >= 0.3 is 5.00 Å². The molecule has 1 aromatic heterocycles. The molecule has 9 nitrogen and oxygen atoms in total. The Labute approximate surface area is 92.8 Å². The third-order valence-corrected chi connectivity index (χ3v) is 2.66. The Balaban J connectivity index is 2.75. The van der Waals surface area contributed by atoms with Crippen molar-refractivity contribution in [3.05, 3.63) is 31.8 Å². The minimum absolute atomic E-state index is 0.00680. The Kier molecular flexibility index (Phi) is 4.14. The second-order valence-corrected chi connectivity index (χ2v) is 3.76. The summed E-state index contributed by atoms with van der Waals surface area (Å²) in [5.41, 5.74) is 8.01. The van der Waals surface area contributed by atoms with Crippen LogP contribution in [0.15, 0.2) is 11.3 Å². The van der Waals surface area contributed by atoms with Gasteiger partial charge in [0.1, 0.15) is 17.3 Å². The van der Waals surface area contributed by atoms with Crippen molar-refractivity contribution in [2.45, 2.75) is 12.2 Å². The largest absolute Gasteiger partial charge is 0.390 e. The number of aliphatic hydroxyl groups is 2. The zero-order chi connectivity index (χ0) is 12.1. The van der Waals surface area contributed by atoms with Crippen molar-refractivity contribution in [1.29, 1.82) is 0 Å². The molecule has 2 atom stereocenters. The van der Waals surface area contributed by atoms with Gasteiger partial charge in [-0.2, -0.15) is 0 Å². The lowest BCUT2D eigenvalue weighted by molar-refractivity contribution is -0.380. The first-order valence-corrected chi connectivity index (χ1v) is 4.85. The molecule has 0 aromatic carbocycles. The van der Waals surface area contributed by atoms with E-state index >= 15 is 0 Å². The predicted molar refractivity (Wildman–Crippen MR) is 53.7 cm³/mol. The van der Waals surface area contributed by atoms with Crippen molar-refractivity contribution in [3.63, 3.8) is 0 Å². The summed E-state index contributed by atoms with van der Waals surface area (Å²) in [7, 11) is 0. The average molecular weight is 245 g/mol. The number of nitrogens with zero attached hydrogens (tertiary/aromatic N) is 5. The maximum atomic E-state index is 10.3. The summed E-state index contributed by atoms with van der Waals surface area (Å²) >= 11 is 0.656. The molecule has 1 rings (SSSR count). The topological polar surface area (TPSA) is 145 Å². The maximum absolute atomic E-state index is 10.3. The van der Waals surface area contributed by atoms with Gasteiger partial charge in [0.2, 0.25) is 0 Å². The van der Waals surface area contributed by atoms with Crippen LogP contribution in [-0.4, -0.2) is 32.8 Å². The third kappa shape index (κ3) is 2.87. The molecule has 1 aromatic rings. The van der Waals surface area contributed by atoms with Gasteiger partial charge in [-0.1, -0.05) is 5.11 Å². The van der Waals surface area contributed by atoms with Gasteiger partial charge in [0.25, 0.3) is 0 Å². The van der Waals surface area contributed by atoms with Crippen LogP contribution < -0.4 is 0 Å². The first-order valence-electron chi connectivity index (χ1n) is 4.03. The van der Waals surface area contributed by atoms with E-state index < -0.39 is 17.1 Å². The molecular formula is C6H7N5O4S. The molecule has 0 aliphatic carbocycles. The Bertz CT molecular complexity index is 428.